The number of carbonyl (C=O) groups is 1. The zero-order valence-electron chi connectivity index (χ0n) is 13.8. The van der Waals surface area contributed by atoms with Crippen molar-refractivity contribution in [3.8, 4) is 6.07 Å². The zero-order valence-corrected chi connectivity index (χ0v) is 13.8. The summed E-state index contributed by atoms with van der Waals surface area (Å²) in [4.78, 5) is 16.9. The van der Waals surface area contributed by atoms with Crippen LogP contribution in [-0.4, -0.2) is 27.9 Å². The number of ketones is 1. The number of aromatic nitrogens is 2. The zero-order chi connectivity index (χ0) is 17.6. The molecule has 0 unspecified atom stereocenters. The maximum atomic E-state index is 13.0. The molecular formula is C19H17N5O. The maximum Gasteiger partial charge on any atom is 0.210 e. The van der Waals surface area contributed by atoms with Crippen molar-refractivity contribution >= 4 is 17.5 Å². The fraction of sp³-hybridized carbons (Fsp3) is 0.158. The van der Waals surface area contributed by atoms with E-state index in [1.807, 2.05) is 35.7 Å². The van der Waals surface area contributed by atoms with Crippen molar-refractivity contribution in [3.63, 3.8) is 0 Å². The van der Waals surface area contributed by atoms with E-state index < -0.39 is 0 Å². The number of nitrogens with zero attached hydrogens (tertiary/aromatic N) is 4. The molecule has 124 valence electrons. The normalized spacial score (nSPS) is 10.9. The van der Waals surface area contributed by atoms with Crippen molar-refractivity contribution in [1.29, 1.82) is 5.26 Å². The minimum atomic E-state index is -0.0572. The van der Waals surface area contributed by atoms with Crippen molar-refractivity contribution in [2.75, 3.05) is 6.54 Å². The van der Waals surface area contributed by atoms with Gasteiger partial charge in [0.05, 0.1) is 29.9 Å². The van der Waals surface area contributed by atoms with E-state index in [0.29, 0.717) is 24.2 Å². The maximum absolute atomic E-state index is 13.0. The van der Waals surface area contributed by atoms with Crippen LogP contribution >= 0.6 is 0 Å². The first-order chi connectivity index (χ1) is 12.2. The fourth-order valence-electron chi connectivity index (χ4n) is 2.73. The Morgan fingerprint density at radius 3 is 2.92 bits per heavy atom. The third-order valence-corrected chi connectivity index (χ3v) is 3.93. The van der Waals surface area contributed by atoms with Crippen LogP contribution < -0.4 is 5.43 Å². The standard InChI is InChI=1S/C19H17N5O/c1-14-16(13-23-22-9-4-8-20)17-5-2-3-12-24(17)18(14)19(25)15-6-10-21-11-7-15/h2-3,5-7,10-13,22H,4,9H2,1H3/b23-13+. The lowest BCUT2D eigenvalue weighted by Gasteiger charge is -2.03. The number of pyridine rings is 2. The summed E-state index contributed by atoms with van der Waals surface area (Å²) in [5.41, 5.74) is 6.69. The molecule has 3 aromatic rings. The Morgan fingerprint density at radius 1 is 1.36 bits per heavy atom. The minimum absolute atomic E-state index is 0.0572. The molecule has 3 rings (SSSR count). The van der Waals surface area contributed by atoms with Crippen LogP contribution in [-0.2, 0) is 0 Å². The van der Waals surface area contributed by atoms with Gasteiger partial charge in [0.2, 0.25) is 5.78 Å². The Hall–Kier alpha value is -3.46. The molecule has 0 amide bonds. The number of fused-ring (bicyclic) bond motifs is 1. The SMILES string of the molecule is Cc1c(/C=N/NCCC#N)c2ccccn2c1C(=O)c1ccncc1. The molecule has 0 aliphatic carbocycles. The monoisotopic (exact) mass is 331 g/mol. The first-order valence-electron chi connectivity index (χ1n) is 7.91. The average molecular weight is 331 g/mol. The summed E-state index contributed by atoms with van der Waals surface area (Å²) in [7, 11) is 0. The molecule has 0 aliphatic rings. The summed E-state index contributed by atoms with van der Waals surface area (Å²) in [5, 5.41) is 12.7. The highest BCUT2D eigenvalue weighted by molar-refractivity contribution is 6.11. The summed E-state index contributed by atoms with van der Waals surface area (Å²) < 4.78 is 1.88. The number of nitriles is 1. The molecule has 0 bridgehead atoms. The van der Waals surface area contributed by atoms with Crippen molar-refractivity contribution in [2.45, 2.75) is 13.3 Å². The molecule has 0 saturated heterocycles. The molecule has 6 heteroatoms. The van der Waals surface area contributed by atoms with Crippen LogP contribution in [0.2, 0.25) is 0 Å². The molecule has 3 heterocycles. The van der Waals surface area contributed by atoms with Crippen LogP contribution in [0.15, 0.2) is 54.0 Å². The molecule has 0 aliphatic heterocycles. The largest absolute Gasteiger partial charge is 0.313 e. The van der Waals surface area contributed by atoms with E-state index in [1.54, 1.807) is 30.7 Å². The van der Waals surface area contributed by atoms with E-state index >= 15 is 0 Å². The Bertz CT molecular complexity index is 967. The van der Waals surface area contributed by atoms with Crippen LogP contribution in [0.4, 0.5) is 0 Å². The molecule has 0 spiro atoms. The van der Waals surface area contributed by atoms with E-state index in [2.05, 4.69) is 21.6 Å². The van der Waals surface area contributed by atoms with Gasteiger partial charge in [0, 0.05) is 36.3 Å². The first kappa shape index (κ1) is 16.4. The smallest absolute Gasteiger partial charge is 0.210 e. The Balaban J connectivity index is 2.04. The predicted molar refractivity (Wildman–Crippen MR) is 95.6 cm³/mol. The van der Waals surface area contributed by atoms with Crippen molar-refractivity contribution < 1.29 is 4.79 Å². The molecule has 0 radical (unpaired) electrons. The molecule has 0 fully saturated rings. The van der Waals surface area contributed by atoms with Gasteiger partial charge in [0.25, 0.3) is 0 Å². The molecule has 1 N–H and O–H groups in total. The molecule has 0 aromatic carbocycles. The third kappa shape index (κ3) is 3.26. The Morgan fingerprint density at radius 2 is 2.16 bits per heavy atom. The quantitative estimate of drug-likeness (QED) is 0.326. The van der Waals surface area contributed by atoms with E-state index in [9.17, 15) is 4.79 Å². The van der Waals surface area contributed by atoms with Gasteiger partial charge in [-0.2, -0.15) is 10.4 Å². The van der Waals surface area contributed by atoms with Gasteiger partial charge in [0.15, 0.2) is 0 Å². The molecule has 0 atom stereocenters. The lowest BCUT2D eigenvalue weighted by molar-refractivity contribution is 0.103. The van der Waals surface area contributed by atoms with Gasteiger partial charge in [-0.1, -0.05) is 6.07 Å². The average Bonchev–Trinajstić information content (AvgIpc) is 2.93. The number of rotatable bonds is 6. The van der Waals surface area contributed by atoms with Gasteiger partial charge < -0.3 is 9.83 Å². The second-order valence-corrected chi connectivity index (χ2v) is 5.48. The molecule has 6 nitrogen and oxygen atoms in total. The molecule has 0 saturated carbocycles. The summed E-state index contributed by atoms with van der Waals surface area (Å²) in [6.07, 6.45) is 7.18. The van der Waals surface area contributed by atoms with Crippen molar-refractivity contribution in [3.05, 3.63) is 71.3 Å². The number of nitrogens with one attached hydrogen (secondary N) is 1. The second-order valence-electron chi connectivity index (χ2n) is 5.48. The van der Waals surface area contributed by atoms with Crippen LogP contribution in [0, 0.1) is 18.3 Å². The van der Waals surface area contributed by atoms with Gasteiger partial charge >= 0.3 is 0 Å². The topological polar surface area (TPSA) is 82.5 Å². The number of hydrogen-bond donors (Lipinski definition) is 1. The number of hydrazone groups is 1. The van der Waals surface area contributed by atoms with Gasteiger partial charge in [-0.25, -0.2) is 0 Å². The van der Waals surface area contributed by atoms with Crippen LogP contribution in [0.25, 0.3) is 5.52 Å². The third-order valence-electron chi connectivity index (χ3n) is 3.93. The van der Waals surface area contributed by atoms with E-state index in [4.69, 9.17) is 5.26 Å². The van der Waals surface area contributed by atoms with Gasteiger partial charge in [0.1, 0.15) is 0 Å². The minimum Gasteiger partial charge on any atom is -0.313 e. The van der Waals surface area contributed by atoms with E-state index in [1.165, 1.54) is 0 Å². The van der Waals surface area contributed by atoms with Gasteiger partial charge in [-0.15, -0.1) is 0 Å². The summed E-state index contributed by atoms with van der Waals surface area (Å²) in [6, 6.07) is 11.2. The fourth-order valence-corrected chi connectivity index (χ4v) is 2.73. The highest BCUT2D eigenvalue weighted by Gasteiger charge is 2.20. The number of carbonyl (C=O) groups excluding carboxylic acids is 1. The highest BCUT2D eigenvalue weighted by Crippen LogP contribution is 2.24. The van der Waals surface area contributed by atoms with Gasteiger partial charge in [-0.05, 0) is 36.8 Å². The van der Waals surface area contributed by atoms with Crippen molar-refractivity contribution in [1.82, 2.24) is 14.8 Å². The molecule has 25 heavy (non-hydrogen) atoms. The summed E-state index contributed by atoms with van der Waals surface area (Å²) >= 11 is 0. The Kier molecular flexibility index (Phi) is 4.86. The lowest BCUT2D eigenvalue weighted by atomic mass is 10.1. The summed E-state index contributed by atoms with van der Waals surface area (Å²) in [6.45, 7) is 2.40. The first-order valence-corrected chi connectivity index (χ1v) is 7.91. The van der Waals surface area contributed by atoms with Crippen molar-refractivity contribution in [2.24, 2.45) is 5.10 Å². The lowest BCUT2D eigenvalue weighted by Crippen LogP contribution is -2.07. The number of hydrogen-bond acceptors (Lipinski definition) is 5. The van der Waals surface area contributed by atoms with E-state index in [-0.39, 0.29) is 5.78 Å². The predicted octanol–water partition coefficient (Wildman–Crippen LogP) is 2.71. The second kappa shape index (κ2) is 7.41. The van der Waals surface area contributed by atoms with Crippen LogP contribution in [0.3, 0.4) is 0 Å². The van der Waals surface area contributed by atoms with Crippen LogP contribution in [0.5, 0.6) is 0 Å². The molecule has 3 aromatic heterocycles. The highest BCUT2D eigenvalue weighted by atomic mass is 16.1. The Labute approximate surface area is 145 Å². The van der Waals surface area contributed by atoms with Gasteiger partial charge in [-0.3, -0.25) is 9.78 Å². The van der Waals surface area contributed by atoms with Crippen LogP contribution in [0.1, 0.15) is 33.6 Å². The summed E-state index contributed by atoms with van der Waals surface area (Å²) in [5.74, 6) is -0.0572. The molecular weight excluding hydrogens is 314 g/mol. The van der Waals surface area contributed by atoms with E-state index in [0.717, 1.165) is 16.6 Å².